The number of rotatable bonds is 3. The van der Waals surface area contributed by atoms with Crippen molar-refractivity contribution in [3.05, 3.63) is 77.9 Å². The number of aryl methyl sites for hydroxylation is 1. The van der Waals surface area contributed by atoms with Gasteiger partial charge in [0.15, 0.2) is 0 Å². The van der Waals surface area contributed by atoms with Gasteiger partial charge in [0.1, 0.15) is 5.75 Å². The van der Waals surface area contributed by atoms with E-state index in [1.165, 1.54) is 23.4 Å². The summed E-state index contributed by atoms with van der Waals surface area (Å²) < 4.78 is 10.2. The maximum Gasteiger partial charge on any atom is 0.337 e. The second kappa shape index (κ2) is 6.76. The Balaban J connectivity index is 2.06. The molecular formula is C24H20O3. The Hall–Kier alpha value is -3.33. The number of carbonyl (C=O) groups excluding carboxylic acids is 1. The van der Waals surface area contributed by atoms with E-state index in [2.05, 4.69) is 31.2 Å². The fraction of sp³-hybridized carbons (Fsp3) is 0.125. The summed E-state index contributed by atoms with van der Waals surface area (Å²) in [5.41, 5.74) is 3.91. The van der Waals surface area contributed by atoms with Crippen LogP contribution >= 0.6 is 0 Å². The smallest absolute Gasteiger partial charge is 0.337 e. The molecule has 0 N–H and O–H groups in total. The van der Waals surface area contributed by atoms with Gasteiger partial charge in [0.05, 0.1) is 19.8 Å². The van der Waals surface area contributed by atoms with E-state index in [1.807, 2.05) is 42.5 Å². The zero-order chi connectivity index (χ0) is 19.0. The molecule has 0 saturated heterocycles. The quantitative estimate of drug-likeness (QED) is 0.346. The van der Waals surface area contributed by atoms with Gasteiger partial charge in [-0.05, 0) is 69.9 Å². The first-order valence-corrected chi connectivity index (χ1v) is 8.80. The van der Waals surface area contributed by atoms with Crippen molar-refractivity contribution < 1.29 is 14.3 Å². The lowest BCUT2D eigenvalue weighted by Crippen LogP contribution is -2.01. The van der Waals surface area contributed by atoms with Crippen LogP contribution in [0.3, 0.4) is 0 Å². The van der Waals surface area contributed by atoms with E-state index in [0.717, 1.165) is 27.6 Å². The third-order valence-electron chi connectivity index (χ3n) is 4.93. The van der Waals surface area contributed by atoms with Gasteiger partial charge < -0.3 is 9.47 Å². The van der Waals surface area contributed by atoms with Crippen molar-refractivity contribution in [2.45, 2.75) is 6.92 Å². The van der Waals surface area contributed by atoms with E-state index in [0.29, 0.717) is 5.56 Å². The highest BCUT2D eigenvalue weighted by Crippen LogP contribution is 2.36. The molecule has 0 unspecified atom stereocenters. The lowest BCUT2D eigenvalue weighted by atomic mass is 9.91. The molecule has 27 heavy (non-hydrogen) atoms. The van der Waals surface area contributed by atoms with Gasteiger partial charge in [-0.2, -0.15) is 0 Å². The minimum absolute atomic E-state index is 0.332. The predicted octanol–water partition coefficient (Wildman–Crippen LogP) is 5.76. The van der Waals surface area contributed by atoms with Gasteiger partial charge in [0.2, 0.25) is 0 Å². The molecule has 0 heterocycles. The Morgan fingerprint density at radius 3 is 2.26 bits per heavy atom. The zero-order valence-corrected chi connectivity index (χ0v) is 15.6. The van der Waals surface area contributed by atoms with Crippen LogP contribution in [0.25, 0.3) is 32.7 Å². The Labute approximate surface area is 158 Å². The molecule has 4 aromatic carbocycles. The number of hydrogen-bond donors (Lipinski definition) is 0. The number of benzene rings is 4. The normalized spacial score (nSPS) is 10.9. The van der Waals surface area contributed by atoms with E-state index in [-0.39, 0.29) is 5.97 Å². The molecule has 0 aromatic heterocycles. The SMILES string of the molecule is COC(=O)c1ccc2c(c1)c(-c1ccc(OC)cc1)cc1ccc(C)cc12. The average Bonchev–Trinajstić information content (AvgIpc) is 2.72. The number of hydrogen-bond acceptors (Lipinski definition) is 3. The van der Waals surface area contributed by atoms with Crippen molar-refractivity contribution in [3.8, 4) is 16.9 Å². The maximum atomic E-state index is 12.1. The molecule has 3 nitrogen and oxygen atoms in total. The molecule has 0 radical (unpaired) electrons. The van der Waals surface area contributed by atoms with Gasteiger partial charge in [-0.1, -0.05) is 42.0 Å². The molecule has 4 rings (SSSR count). The van der Waals surface area contributed by atoms with Crippen molar-refractivity contribution in [2.75, 3.05) is 14.2 Å². The predicted molar refractivity (Wildman–Crippen MR) is 110 cm³/mol. The van der Waals surface area contributed by atoms with Crippen molar-refractivity contribution in [3.63, 3.8) is 0 Å². The van der Waals surface area contributed by atoms with E-state index < -0.39 is 0 Å². The molecule has 0 atom stereocenters. The van der Waals surface area contributed by atoms with Crippen molar-refractivity contribution in [1.82, 2.24) is 0 Å². The summed E-state index contributed by atoms with van der Waals surface area (Å²) in [7, 11) is 3.06. The zero-order valence-electron chi connectivity index (χ0n) is 15.6. The lowest BCUT2D eigenvalue weighted by molar-refractivity contribution is 0.0601. The summed E-state index contributed by atoms with van der Waals surface area (Å²) >= 11 is 0. The molecule has 0 saturated carbocycles. The van der Waals surface area contributed by atoms with Crippen LogP contribution in [-0.4, -0.2) is 20.2 Å². The number of carbonyl (C=O) groups is 1. The number of fused-ring (bicyclic) bond motifs is 3. The summed E-state index contributed by atoms with van der Waals surface area (Å²) in [6.45, 7) is 2.09. The highest BCUT2D eigenvalue weighted by Gasteiger charge is 2.13. The summed E-state index contributed by atoms with van der Waals surface area (Å²) in [5, 5.41) is 4.50. The molecule has 0 spiro atoms. The van der Waals surface area contributed by atoms with E-state index in [1.54, 1.807) is 7.11 Å². The lowest BCUT2D eigenvalue weighted by Gasteiger charge is -2.13. The van der Waals surface area contributed by atoms with E-state index in [9.17, 15) is 4.79 Å². The van der Waals surface area contributed by atoms with Crippen LogP contribution in [0.4, 0.5) is 0 Å². The number of esters is 1. The Bertz CT molecular complexity index is 1160. The van der Waals surface area contributed by atoms with Gasteiger partial charge in [0.25, 0.3) is 0 Å². The van der Waals surface area contributed by atoms with Crippen molar-refractivity contribution >= 4 is 27.5 Å². The van der Waals surface area contributed by atoms with Crippen LogP contribution in [0.5, 0.6) is 5.75 Å². The summed E-state index contributed by atoms with van der Waals surface area (Å²) in [6, 6.07) is 22.4. The van der Waals surface area contributed by atoms with Crippen molar-refractivity contribution in [1.29, 1.82) is 0 Å². The van der Waals surface area contributed by atoms with E-state index in [4.69, 9.17) is 9.47 Å². The molecule has 0 aliphatic rings. The fourth-order valence-corrected chi connectivity index (χ4v) is 3.52. The highest BCUT2D eigenvalue weighted by atomic mass is 16.5. The molecule has 134 valence electrons. The summed E-state index contributed by atoms with van der Waals surface area (Å²) in [5.74, 6) is 0.483. The van der Waals surface area contributed by atoms with Crippen LogP contribution in [0.2, 0.25) is 0 Å². The van der Waals surface area contributed by atoms with E-state index >= 15 is 0 Å². The van der Waals surface area contributed by atoms with Crippen LogP contribution in [0, 0.1) is 6.92 Å². The second-order valence-electron chi connectivity index (χ2n) is 6.63. The van der Waals surface area contributed by atoms with Gasteiger partial charge >= 0.3 is 5.97 Å². The van der Waals surface area contributed by atoms with Gasteiger partial charge in [0, 0.05) is 0 Å². The van der Waals surface area contributed by atoms with Crippen molar-refractivity contribution in [2.24, 2.45) is 0 Å². The first-order chi connectivity index (χ1) is 13.1. The highest BCUT2D eigenvalue weighted by molar-refractivity contribution is 6.15. The summed E-state index contributed by atoms with van der Waals surface area (Å²) in [4.78, 5) is 12.1. The molecule has 0 bridgehead atoms. The first kappa shape index (κ1) is 17.1. The maximum absolute atomic E-state index is 12.1. The standard InChI is InChI=1S/C24H20O3/c1-15-4-5-17-13-22(16-6-9-19(26-2)10-7-16)23-14-18(24(25)27-3)8-11-20(23)21(17)12-15/h4-14H,1-3H3. The third kappa shape index (κ3) is 3.02. The van der Waals surface area contributed by atoms with Gasteiger partial charge in [-0.15, -0.1) is 0 Å². The van der Waals surface area contributed by atoms with Crippen LogP contribution in [0.1, 0.15) is 15.9 Å². The molecule has 0 fully saturated rings. The van der Waals surface area contributed by atoms with Crippen LogP contribution in [0.15, 0.2) is 66.7 Å². The Morgan fingerprint density at radius 1 is 0.778 bits per heavy atom. The molecular weight excluding hydrogens is 336 g/mol. The molecule has 0 aliphatic carbocycles. The topological polar surface area (TPSA) is 35.5 Å². The molecule has 0 aliphatic heterocycles. The Morgan fingerprint density at radius 2 is 1.56 bits per heavy atom. The minimum atomic E-state index is -0.332. The number of ether oxygens (including phenoxy) is 2. The third-order valence-corrected chi connectivity index (χ3v) is 4.93. The molecule has 4 aromatic rings. The number of methoxy groups -OCH3 is 2. The fourth-order valence-electron chi connectivity index (χ4n) is 3.52. The second-order valence-corrected chi connectivity index (χ2v) is 6.63. The first-order valence-electron chi connectivity index (χ1n) is 8.80. The van der Waals surface area contributed by atoms with Gasteiger partial charge in [-0.3, -0.25) is 0 Å². The largest absolute Gasteiger partial charge is 0.497 e. The van der Waals surface area contributed by atoms with Crippen LogP contribution < -0.4 is 4.74 Å². The molecule has 3 heteroatoms. The average molecular weight is 356 g/mol. The Kier molecular flexibility index (Phi) is 4.28. The monoisotopic (exact) mass is 356 g/mol. The molecule has 0 amide bonds. The minimum Gasteiger partial charge on any atom is -0.497 e. The summed E-state index contributed by atoms with van der Waals surface area (Å²) in [6.07, 6.45) is 0. The van der Waals surface area contributed by atoms with Crippen LogP contribution in [-0.2, 0) is 4.74 Å². The van der Waals surface area contributed by atoms with Gasteiger partial charge in [-0.25, -0.2) is 4.79 Å².